The zero-order valence-electron chi connectivity index (χ0n) is 9.47. The third kappa shape index (κ3) is 4.24. The highest BCUT2D eigenvalue weighted by atomic mass is 32.1. The largest absolute Gasteiger partial charge is 0.468 e. The lowest BCUT2D eigenvalue weighted by molar-refractivity contribution is -0.111. The summed E-state index contributed by atoms with van der Waals surface area (Å²) in [6.07, 6.45) is 0.427. The summed E-state index contributed by atoms with van der Waals surface area (Å²) < 4.78 is 10.1. The first-order valence-electron chi connectivity index (χ1n) is 5.07. The quantitative estimate of drug-likeness (QED) is 0.613. The summed E-state index contributed by atoms with van der Waals surface area (Å²) in [5.41, 5.74) is 1.07. The van der Waals surface area contributed by atoms with Gasteiger partial charge in [0.1, 0.15) is 5.75 Å². The van der Waals surface area contributed by atoms with Gasteiger partial charge in [0, 0.05) is 13.5 Å². The van der Waals surface area contributed by atoms with E-state index in [1.807, 2.05) is 31.2 Å². The molecular formula is C12H16O3S. The topological polar surface area (TPSA) is 35.5 Å². The molecule has 0 radical (unpaired) electrons. The van der Waals surface area contributed by atoms with Gasteiger partial charge in [0.05, 0.1) is 0 Å². The van der Waals surface area contributed by atoms with Gasteiger partial charge in [-0.3, -0.25) is 4.79 Å². The van der Waals surface area contributed by atoms with Crippen LogP contribution in [0.5, 0.6) is 5.75 Å². The summed E-state index contributed by atoms with van der Waals surface area (Å²) in [7, 11) is 1.58. The van der Waals surface area contributed by atoms with Gasteiger partial charge in [-0.15, -0.1) is 12.6 Å². The van der Waals surface area contributed by atoms with Crippen LogP contribution in [0.15, 0.2) is 24.3 Å². The van der Waals surface area contributed by atoms with Crippen LogP contribution in [0.4, 0.5) is 0 Å². The summed E-state index contributed by atoms with van der Waals surface area (Å²) >= 11 is 3.78. The second-order valence-electron chi connectivity index (χ2n) is 3.62. The number of hydrogen-bond acceptors (Lipinski definition) is 3. The van der Waals surface area contributed by atoms with Crippen molar-refractivity contribution < 1.29 is 14.3 Å². The number of benzene rings is 1. The van der Waals surface area contributed by atoms with E-state index in [1.54, 1.807) is 7.11 Å². The maximum absolute atomic E-state index is 10.9. The lowest BCUT2D eigenvalue weighted by Crippen LogP contribution is -2.01. The van der Waals surface area contributed by atoms with Gasteiger partial charge < -0.3 is 9.47 Å². The van der Waals surface area contributed by atoms with Crippen molar-refractivity contribution in [1.82, 2.24) is 0 Å². The van der Waals surface area contributed by atoms with Crippen molar-refractivity contribution >= 4 is 17.7 Å². The molecule has 3 nitrogen and oxygen atoms in total. The minimum atomic E-state index is -0.101. The van der Waals surface area contributed by atoms with Gasteiger partial charge in [0.25, 0.3) is 0 Å². The van der Waals surface area contributed by atoms with E-state index in [0.29, 0.717) is 6.42 Å². The van der Waals surface area contributed by atoms with Crippen molar-refractivity contribution in [3.8, 4) is 5.75 Å². The molecule has 0 N–H and O–H groups in total. The molecule has 4 heteroatoms. The number of thiol groups is 1. The molecule has 0 bridgehead atoms. The minimum absolute atomic E-state index is 0.101. The van der Waals surface area contributed by atoms with Gasteiger partial charge in [-0.05, 0) is 23.6 Å². The van der Waals surface area contributed by atoms with Crippen LogP contribution < -0.4 is 4.74 Å². The highest BCUT2D eigenvalue weighted by Gasteiger charge is 2.09. The van der Waals surface area contributed by atoms with Crippen LogP contribution in [0.1, 0.15) is 24.8 Å². The lowest BCUT2D eigenvalue weighted by Gasteiger charge is -2.11. The molecule has 0 heterocycles. The van der Waals surface area contributed by atoms with Crippen LogP contribution in [-0.4, -0.2) is 19.0 Å². The van der Waals surface area contributed by atoms with E-state index in [4.69, 9.17) is 9.47 Å². The maximum Gasteiger partial charge on any atom is 0.188 e. The first-order chi connectivity index (χ1) is 7.63. The molecule has 1 rings (SSSR count). The van der Waals surface area contributed by atoms with E-state index in [9.17, 15) is 4.79 Å². The molecule has 0 aromatic heterocycles. The third-order valence-electron chi connectivity index (χ3n) is 2.25. The van der Waals surface area contributed by atoms with Crippen LogP contribution >= 0.6 is 12.6 Å². The van der Waals surface area contributed by atoms with Crippen molar-refractivity contribution in [2.75, 3.05) is 13.9 Å². The molecule has 0 saturated carbocycles. The Balaban J connectivity index is 2.69. The van der Waals surface area contributed by atoms with E-state index in [-0.39, 0.29) is 17.8 Å². The number of methoxy groups -OCH3 is 1. The van der Waals surface area contributed by atoms with E-state index in [2.05, 4.69) is 12.6 Å². The SMILES string of the molecule is COCOc1cccc([C@@H](C)CC(=O)S)c1. The Morgan fingerprint density at radius 2 is 2.25 bits per heavy atom. The van der Waals surface area contributed by atoms with E-state index in [0.717, 1.165) is 11.3 Å². The molecular weight excluding hydrogens is 224 g/mol. The monoisotopic (exact) mass is 240 g/mol. The molecule has 0 aliphatic rings. The fourth-order valence-corrected chi connectivity index (χ4v) is 1.69. The van der Waals surface area contributed by atoms with Gasteiger partial charge >= 0.3 is 0 Å². The number of ether oxygens (including phenoxy) is 2. The zero-order valence-corrected chi connectivity index (χ0v) is 10.4. The zero-order chi connectivity index (χ0) is 12.0. The van der Waals surface area contributed by atoms with Crippen LogP contribution in [0.3, 0.4) is 0 Å². The Bertz CT molecular complexity index is 352. The Morgan fingerprint density at radius 1 is 1.50 bits per heavy atom. The Kier molecular flexibility index (Phi) is 5.35. The van der Waals surface area contributed by atoms with Crippen molar-refractivity contribution in [2.45, 2.75) is 19.3 Å². The fraction of sp³-hybridized carbons (Fsp3) is 0.417. The van der Waals surface area contributed by atoms with Gasteiger partial charge in [0.15, 0.2) is 11.9 Å². The number of rotatable bonds is 6. The third-order valence-corrected chi connectivity index (χ3v) is 2.43. The molecule has 16 heavy (non-hydrogen) atoms. The normalized spacial score (nSPS) is 12.2. The first kappa shape index (κ1) is 13.1. The molecule has 0 unspecified atom stereocenters. The summed E-state index contributed by atoms with van der Waals surface area (Å²) in [5.74, 6) is 0.897. The van der Waals surface area contributed by atoms with Crippen LogP contribution in [0.2, 0.25) is 0 Å². The number of carbonyl (C=O) groups is 1. The fourth-order valence-electron chi connectivity index (χ4n) is 1.42. The highest BCUT2D eigenvalue weighted by Crippen LogP contribution is 2.23. The highest BCUT2D eigenvalue weighted by molar-refractivity contribution is 7.96. The smallest absolute Gasteiger partial charge is 0.188 e. The molecule has 0 aliphatic carbocycles. The van der Waals surface area contributed by atoms with Crippen molar-refractivity contribution in [3.05, 3.63) is 29.8 Å². The van der Waals surface area contributed by atoms with Crippen molar-refractivity contribution in [2.24, 2.45) is 0 Å². The standard InChI is InChI=1S/C12H16O3S/c1-9(6-12(13)16)10-4-3-5-11(7-10)15-8-14-2/h3-5,7,9H,6,8H2,1-2H3,(H,13,16)/t9-/m0/s1. The molecule has 88 valence electrons. The average molecular weight is 240 g/mol. The first-order valence-corrected chi connectivity index (χ1v) is 5.51. The van der Waals surface area contributed by atoms with Crippen LogP contribution in [-0.2, 0) is 9.53 Å². The minimum Gasteiger partial charge on any atom is -0.468 e. The second kappa shape index (κ2) is 6.55. The maximum atomic E-state index is 10.9. The molecule has 0 saturated heterocycles. The van der Waals surface area contributed by atoms with Gasteiger partial charge in [0.2, 0.25) is 0 Å². The van der Waals surface area contributed by atoms with Crippen molar-refractivity contribution in [3.63, 3.8) is 0 Å². The Hall–Kier alpha value is -1.00. The number of hydrogen-bond donors (Lipinski definition) is 1. The second-order valence-corrected chi connectivity index (χ2v) is 4.12. The predicted molar refractivity (Wildman–Crippen MR) is 66.0 cm³/mol. The van der Waals surface area contributed by atoms with Crippen LogP contribution in [0.25, 0.3) is 0 Å². The van der Waals surface area contributed by atoms with Crippen molar-refractivity contribution in [1.29, 1.82) is 0 Å². The molecule has 1 atom stereocenters. The number of carbonyl (C=O) groups excluding carboxylic acids is 1. The molecule has 0 amide bonds. The molecule has 0 aliphatic heterocycles. The van der Waals surface area contributed by atoms with Gasteiger partial charge in [-0.1, -0.05) is 19.1 Å². The summed E-state index contributed by atoms with van der Waals surface area (Å²) in [6.45, 7) is 2.22. The molecule has 1 aromatic carbocycles. The van der Waals surface area contributed by atoms with E-state index >= 15 is 0 Å². The van der Waals surface area contributed by atoms with Crippen LogP contribution in [0, 0.1) is 0 Å². The summed E-state index contributed by atoms with van der Waals surface area (Å²) in [6, 6.07) is 7.65. The molecule has 1 aromatic rings. The predicted octanol–water partition coefficient (Wildman–Crippen LogP) is 2.62. The molecule has 0 spiro atoms. The molecule has 0 fully saturated rings. The summed E-state index contributed by atoms with van der Waals surface area (Å²) in [4.78, 5) is 10.9. The van der Waals surface area contributed by atoms with Gasteiger partial charge in [-0.2, -0.15) is 0 Å². The Morgan fingerprint density at radius 3 is 2.88 bits per heavy atom. The van der Waals surface area contributed by atoms with E-state index < -0.39 is 0 Å². The lowest BCUT2D eigenvalue weighted by atomic mass is 9.98. The van der Waals surface area contributed by atoms with Gasteiger partial charge in [-0.25, -0.2) is 0 Å². The average Bonchev–Trinajstić information content (AvgIpc) is 2.26. The van der Waals surface area contributed by atoms with E-state index in [1.165, 1.54) is 0 Å². The summed E-state index contributed by atoms with van der Waals surface area (Å²) in [5, 5.41) is -0.101. The Labute approximate surface area is 101 Å².